The minimum atomic E-state index is -0.345. The van der Waals surface area contributed by atoms with E-state index in [-0.39, 0.29) is 5.60 Å². The number of β-amino-alcohol motifs (C(OH)–C–C–N with tert-alkyl or cyclic N) is 1. The Balaban J connectivity index is 1.76. The fourth-order valence-corrected chi connectivity index (χ4v) is 2.19. The number of nitrogens with zero attached hydrogens (tertiary/aromatic N) is 1. The van der Waals surface area contributed by atoms with E-state index in [1.165, 1.54) is 12.8 Å². The van der Waals surface area contributed by atoms with Crippen molar-refractivity contribution in [2.45, 2.75) is 31.4 Å². The Hall–Kier alpha value is -0.120. The molecule has 76 valence electrons. The Morgan fingerprint density at radius 1 is 1.54 bits per heavy atom. The van der Waals surface area contributed by atoms with Crippen molar-refractivity contribution in [1.82, 2.24) is 4.90 Å². The first kappa shape index (κ1) is 9.44. The Kier molecular flexibility index (Phi) is 2.34. The van der Waals surface area contributed by atoms with Crippen LogP contribution in [0.15, 0.2) is 0 Å². The first-order valence-corrected chi connectivity index (χ1v) is 5.11. The predicted molar refractivity (Wildman–Crippen MR) is 50.6 cm³/mol. The minimum absolute atomic E-state index is 0.345. The second-order valence-electron chi connectivity index (χ2n) is 4.59. The van der Waals surface area contributed by atoms with Crippen LogP contribution in [0.1, 0.15) is 19.8 Å². The van der Waals surface area contributed by atoms with E-state index in [0.717, 1.165) is 19.7 Å². The molecule has 0 aromatic rings. The highest BCUT2D eigenvalue weighted by molar-refractivity contribution is 5.06. The van der Waals surface area contributed by atoms with Crippen molar-refractivity contribution < 1.29 is 9.84 Å². The standard InChI is InChI=1S/C10H19NO2/c1-8(5-13-2)11-6-10(12,7-11)9-3-4-9/h8-9,12H,3-7H2,1-2H3. The smallest absolute Gasteiger partial charge is 0.0928 e. The zero-order chi connectivity index (χ0) is 9.47. The van der Waals surface area contributed by atoms with Crippen LogP contribution in [0.4, 0.5) is 0 Å². The lowest BCUT2D eigenvalue weighted by Gasteiger charge is -2.49. The summed E-state index contributed by atoms with van der Waals surface area (Å²) in [6.45, 7) is 4.61. The lowest BCUT2D eigenvalue weighted by molar-refractivity contribution is -0.133. The SMILES string of the molecule is COCC(C)N1CC(O)(C2CC2)C1. The maximum atomic E-state index is 10.1. The van der Waals surface area contributed by atoms with E-state index in [0.29, 0.717) is 12.0 Å². The Labute approximate surface area is 79.7 Å². The molecule has 0 aromatic heterocycles. The number of hydrogen-bond acceptors (Lipinski definition) is 3. The second-order valence-corrected chi connectivity index (χ2v) is 4.59. The van der Waals surface area contributed by atoms with Crippen LogP contribution >= 0.6 is 0 Å². The lowest BCUT2D eigenvalue weighted by atomic mass is 9.87. The molecule has 1 heterocycles. The molecule has 1 saturated carbocycles. The summed E-state index contributed by atoms with van der Waals surface area (Å²) in [5.41, 5.74) is -0.345. The molecule has 0 radical (unpaired) electrons. The maximum Gasteiger partial charge on any atom is 0.0928 e. The van der Waals surface area contributed by atoms with Gasteiger partial charge in [0.2, 0.25) is 0 Å². The molecule has 2 aliphatic rings. The Morgan fingerprint density at radius 3 is 2.62 bits per heavy atom. The Bertz CT molecular complexity index is 185. The van der Waals surface area contributed by atoms with Gasteiger partial charge in [-0.15, -0.1) is 0 Å². The van der Waals surface area contributed by atoms with Crippen LogP contribution in [-0.2, 0) is 4.74 Å². The van der Waals surface area contributed by atoms with Crippen molar-refractivity contribution in [2.24, 2.45) is 5.92 Å². The van der Waals surface area contributed by atoms with Crippen molar-refractivity contribution in [3.63, 3.8) is 0 Å². The maximum absolute atomic E-state index is 10.1. The van der Waals surface area contributed by atoms with E-state index in [1.54, 1.807) is 7.11 Å². The number of aliphatic hydroxyl groups is 1. The van der Waals surface area contributed by atoms with Crippen molar-refractivity contribution in [2.75, 3.05) is 26.8 Å². The van der Waals surface area contributed by atoms with E-state index in [4.69, 9.17) is 4.74 Å². The van der Waals surface area contributed by atoms with E-state index >= 15 is 0 Å². The average Bonchev–Trinajstić information content (AvgIpc) is 2.81. The highest BCUT2D eigenvalue weighted by Crippen LogP contribution is 2.44. The monoisotopic (exact) mass is 185 g/mol. The summed E-state index contributed by atoms with van der Waals surface area (Å²) in [5, 5.41) is 10.1. The molecule has 0 bridgehead atoms. The number of ether oxygens (including phenoxy) is 1. The summed E-state index contributed by atoms with van der Waals surface area (Å²) in [7, 11) is 1.73. The molecule has 3 nitrogen and oxygen atoms in total. The van der Waals surface area contributed by atoms with E-state index < -0.39 is 0 Å². The van der Waals surface area contributed by atoms with Gasteiger partial charge >= 0.3 is 0 Å². The first-order valence-electron chi connectivity index (χ1n) is 5.11. The largest absolute Gasteiger partial charge is 0.387 e. The van der Waals surface area contributed by atoms with Gasteiger partial charge in [0.1, 0.15) is 0 Å². The molecule has 0 amide bonds. The fourth-order valence-electron chi connectivity index (χ4n) is 2.19. The van der Waals surface area contributed by atoms with Gasteiger partial charge in [-0.3, -0.25) is 4.90 Å². The highest BCUT2D eigenvalue weighted by Gasteiger charge is 2.52. The fraction of sp³-hybridized carbons (Fsp3) is 1.00. The van der Waals surface area contributed by atoms with E-state index in [1.807, 2.05) is 0 Å². The second kappa shape index (κ2) is 3.23. The van der Waals surface area contributed by atoms with Gasteiger partial charge in [-0.25, -0.2) is 0 Å². The van der Waals surface area contributed by atoms with Gasteiger partial charge in [0.15, 0.2) is 0 Å². The summed E-state index contributed by atoms with van der Waals surface area (Å²) >= 11 is 0. The average molecular weight is 185 g/mol. The summed E-state index contributed by atoms with van der Waals surface area (Å²) in [6, 6.07) is 0.448. The molecule has 0 aromatic carbocycles. The molecule has 2 fully saturated rings. The van der Waals surface area contributed by atoms with Crippen LogP contribution < -0.4 is 0 Å². The van der Waals surface area contributed by atoms with Crippen molar-refractivity contribution in [3.8, 4) is 0 Å². The van der Waals surface area contributed by atoms with E-state index in [9.17, 15) is 5.11 Å². The van der Waals surface area contributed by atoms with Crippen molar-refractivity contribution in [1.29, 1.82) is 0 Å². The number of rotatable bonds is 4. The van der Waals surface area contributed by atoms with Gasteiger partial charge in [-0.2, -0.15) is 0 Å². The number of hydrogen-bond donors (Lipinski definition) is 1. The summed E-state index contributed by atoms with van der Waals surface area (Å²) < 4.78 is 5.08. The molecular weight excluding hydrogens is 166 g/mol. The molecule has 2 rings (SSSR count). The highest BCUT2D eigenvalue weighted by atomic mass is 16.5. The molecule has 1 aliphatic heterocycles. The van der Waals surface area contributed by atoms with Gasteiger partial charge in [0.25, 0.3) is 0 Å². The topological polar surface area (TPSA) is 32.7 Å². The summed E-state index contributed by atoms with van der Waals surface area (Å²) in [5.74, 6) is 0.596. The van der Waals surface area contributed by atoms with Crippen LogP contribution in [0.5, 0.6) is 0 Å². The minimum Gasteiger partial charge on any atom is -0.387 e. The van der Waals surface area contributed by atoms with Crippen molar-refractivity contribution in [3.05, 3.63) is 0 Å². The molecule has 13 heavy (non-hydrogen) atoms. The van der Waals surface area contributed by atoms with Gasteiger partial charge in [0.05, 0.1) is 12.2 Å². The van der Waals surface area contributed by atoms with Gasteiger partial charge < -0.3 is 9.84 Å². The number of methoxy groups -OCH3 is 1. The molecule has 1 aliphatic carbocycles. The number of likely N-dealkylation sites (tertiary alicyclic amines) is 1. The van der Waals surface area contributed by atoms with E-state index in [2.05, 4.69) is 11.8 Å². The third-order valence-corrected chi connectivity index (χ3v) is 3.32. The third-order valence-electron chi connectivity index (χ3n) is 3.32. The Morgan fingerprint density at radius 2 is 2.15 bits per heavy atom. The molecular formula is C10H19NO2. The first-order chi connectivity index (χ1) is 6.15. The quantitative estimate of drug-likeness (QED) is 0.691. The molecule has 1 saturated heterocycles. The van der Waals surface area contributed by atoms with Crippen LogP contribution in [0, 0.1) is 5.92 Å². The predicted octanol–water partition coefficient (Wildman–Crippen LogP) is 0.478. The van der Waals surface area contributed by atoms with Crippen molar-refractivity contribution >= 4 is 0 Å². The lowest BCUT2D eigenvalue weighted by Crippen LogP contribution is -2.65. The zero-order valence-electron chi connectivity index (χ0n) is 8.49. The normalized spacial score (nSPS) is 29.8. The van der Waals surface area contributed by atoms with Gasteiger partial charge in [-0.1, -0.05) is 0 Å². The molecule has 3 heteroatoms. The van der Waals surface area contributed by atoms with Crippen LogP contribution in [0.3, 0.4) is 0 Å². The van der Waals surface area contributed by atoms with Gasteiger partial charge in [0, 0.05) is 26.2 Å². The molecule has 1 atom stereocenters. The zero-order valence-corrected chi connectivity index (χ0v) is 8.49. The van der Waals surface area contributed by atoms with Gasteiger partial charge in [-0.05, 0) is 25.7 Å². The summed E-state index contributed by atoms with van der Waals surface area (Å²) in [6.07, 6.45) is 2.45. The molecule has 1 N–H and O–H groups in total. The molecule has 0 spiro atoms. The van der Waals surface area contributed by atoms with Crippen LogP contribution in [0.2, 0.25) is 0 Å². The molecule has 1 unspecified atom stereocenters. The van der Waals surface area contributed by atoms with Crippen LogP contribution in [-0.4, -0.2) is 48.5 Å². The third kappa shape index (κ3) is 1.73. The summed E-state index contributed by atoms with van der Waals surface area (Å²) in [4.78, 5) is 2.29. The van der Waals surface area contributed by atoms with Crippen LogP contribution in [0.25, 0.3) is 0 Å².